The van der Waals surface area contributed by atoms with Gasteiger partial charge in [0.15, 0.2) is 0 Å². The van der Waals surface area contributed by atoms with Crippen LogP contribution in [-0.2, 0) is 0 Å². The molecule has 0 aliphatic carbocycles. The first-order valence-electron chi connectivity index (χ1n) is 5.00. The third-order valence-electron chi connectivity index (χ3n) is 2.41. The van der Waals surface area contributed by atoms with Gasteiger partial charge in [-0.05, 0) is 12.8 Å². The third kappa shape index (κ3) is 2.74. The molecule has 0 amide bonds. The molecule has 0 bridgehead atoms. The minimum atomic E-state index is 0.540. The molecule has 2 heteroatoms. The van der Waals surface area contributed by atoms with Gasteiger partial charge in [-0.2, -0.15) is 0 Å². The largest absolute Gasteiger partial charge is 0.366 e. The smallest absolute Gasteiger partial charge is 0.0805 e. The van der Waals surface area contributed by atoms with E-state index in [2.05, 4.69) is 18.7 Å². The van der Waals surface area contributed by atoms with Gasteiger partial charge in [0.25, 0.3) is 0 Å². The lowest BCUT2D eigenvalue weighted by molar-refractivity contribution is 0.423. The Morgan fingerprint density at radius 2 is 1.58 bits per heavy atom. The Labute approximate surface area is 81.1 Å². The highest BCUT2D eigenvalue weighted by Crippen LogP contribution is 2.13. The van der Waals surface area contributed by atoms with Crippen LogP contribution in [0.15, 0.2) is 0 Å². The molecule has 1 heterocycles. The van der Waals surface area contributed by atoms with Gasteiger partial charge >= 0.3 is 0 Å². The lowest BCUT2D eigenvalue weighted by Gasteiger charge is -2.25. The molecule has 1 saturated heterocycles. The van der Waals surface area contributed by atoms with Crippen LogP contribution in [-0.4, -0.2) is 23.0 Å². The summed E-state index contributed by atoms with van der Waals surface area (Å²) in [5, 5.41) is 0. The Hall–Kier alpha value is -0.110. The topological polar surface area (TPSA) is 3.24 Å². The minimum absolute atomic E-state index is 0.540. The summed E-state index contributed by atoms with van der Waals surface area (Å²) in [5.74, 6) is 0.540. The standard InChI is InChI=1S/C10H19NS/c1-9(2)10(12)11-7-5-3-4-6-8-11/h9H,3-8H2,1-2H3. The maximum Gasteiger partial charge on any atom is 0.0805 e. The van der Waals surface area contributed by atoms with E-state index >= 15 is 0 Å². The third-order valence-corrected chi connectivity index (χ3v) is 3.14. The van der Waals surface area contributed by atoms with Gasteiger partial charge in [-0.1, -0.05) is 38.9 Å². The molecule has 1 aliphatic heterocycles. The van der Waals surface area contributed by atoms with Gasteiger partial charge in [-0.3, -0.25) is 0 Å². The number of rotatable bonds is 1. The average molecular weight is 185 g/mol. The number of likely N-dealkylation sites (tertiary alicyclic amines) is 1. The Morgan fingerprint density at radius 3 is 2.00 bits per heavy atom. The van der Waals surface area contributed by atoms with E-state index in [1.165, 1.54) is 38.8 Å². The normalized spacial score (nSPS) is 19.4. The molecule has 1 nitrogen and oxygen atoms in total. The average Bonchev–Trinajstić information content (AvgIpc) is 2.30. The zero-order valence-electron chi connectivity index (χ0n) is 8.18. The molecular formula is C10H19NS. The zero-order valence-corrected chi connectivity index (χ0v) is 8.99. The lowest BCUT2D eigenvalue weighted by Crippen LogP contribution is -2.33. The molecule has 0 spiro atoms. The van der Waals surface area contributed by atoms with Gasteiger partial charge in [0.05, 0.1) is 4.99 Å². The predicted octanol–water partition coefficient (Wildman–Crippen LogP) is 2.85. The van der Waals surface area contributed by atoms with Crippen LogP contribution in [0.25, 0.3) is 0 Å². The van der Waals surface area contributed by atoms with Crippen molar-refractivity contribution in [3.63, 3.8) is 0 Å². The Bertz CT molecular complexity index is 146. The van der Waals surface area contributed by atoms with Crippen LogP contribution in [0.1, 0.15) is 39.5 Å². The molecule has 70 valence electrons. The molecule has 1 aliphatic rings. The fourth-order valence-electron chi connectivity index (χ4n) is 1.66. The SMILES string of the molecule is CC(C)C(=S)N1CCCCCC1. The fourth-order valence-corrected chi connectivity index (χ4v) is 1.84. The van der Waals surface area contributed by atoms with Gasteiger partial charge in [-0.15, -0.1) is 0 Å². The second kappa shape index (κ2) is 4.80. The molecule has 0 aromatic rings. The van der Waals surface area contributed by atoms with Crippen molar-refractivity contribution in [1.82, 2.24) is 4.90 Å². The van der Waals surface area contributed by atoms with Crippen molar-refractivity contribution in [1.29, 1.82) is 0 Å². The molecule has 0 radical (unpaired) electrons. The first-order chi connectivity index (χ1) is 5.72. The lowest BCUT2D eigenvalue weighted by atomic mass is 10.2. The molecule has 12 heavy (non-hydrogen) atoms. The van der Waals surface area contributed by atoms with E-state index in [-0.39, 0.29) is 0 Å². The minimum Gasteiger partial charge on any atom is -0.366 e. The molecule has 0 N–H and O–H groups in total. The van der Waals surface area contributed by atoms with Crippen LogP contribution in [0.3, 0.4) is 0 Å². The summed E-state index contributed by atoms with van der Waals surface area (Å²) in [4.78, 5) is 3.56. The molecule has 1 fully saturated rings. The molecule has 0 aromatic carbocycles. The number of hydrogen-bond donors (Lipinski definition) is 0. The molecule has 0 unspecified atom stereocenters. The van der Waals surface area contributed by atoms with E-state index < -0.39 is 0 Å². The Morgan fingerprint density at radius 1 is 1.08 bits per heavy atom. The highest BCUT2D eigenvalue weighted by Gasteiger charge is 2.13. The number of thiocarbonyl (C=S) groups is 1. The fraction of sp³-hybridized carbons (Fsp3) is 0.900. The summed E-state index contributed by atoms with van der Waals surface area (Å²) in [6.07, 6.45) is 5.42. The van der Waals surface area contributed by atoms with Gasteiger partial charge < -0.3 is 4.90 Å². The van der Waals surface area contributed by atoms with Crippen LogP contribution in [0.2, 0.25) is 0 Å². The van der Waals surface area contributed by atoms with Crippen molar-refractivity contribution in [3.05, 3.63) is 0 Å². The van der Waals surface area contributed by atoms with Gasteiger partial charge in [0.1, 0.15) is 0 Å². The maximum atomic E-state index is 5.38. The van der Waals surface area contributed by atoms with E-state index in [0.717, 1.165) is 4.99 Å². The Balaban J connectivity index is 2.43. The summed E-state index contributed by atoms with van der Waals surface area (Å²) in [6.45, 7) is 6.76. The summed E-state index contributed by atoms with van der Waals surface area (Å²) >= 11 is 5.38. The van der Waals surface area contributed by atoms with Crippen LogP contribution in [0, 0.1) is 5.92 Å². The monoisotopic (exact) mass is 185 g/mol. The summed E-state index contributed by atoms with van der Waals surface area (Å²) in [5.41, 5.74) is 0. The Kier molecular flexibility index (Phi) is 3.99. The van der Waals surface area contributed by atoms with E-state index in [9.17, 15) is 0 Å². The van der Waals surface area contributed by atoms with Crippen molar-refractivity contribution < 1.29 is 0 Å². The first kappa shape index (κ1) is 9.97. The van der Waals surface area contributed by atoms with Gasteiger partial charge in [0.2, 0.25) is 0 Å². The quantitative estimate of drug-likeness (QED) is 0.578. The van der Waals surface area contributed by atoms with Crippen molar-refractivity contribution in [3.8, 4) is 0 Å². The van der Waals surface area contributed by atoms with Crippen LogP contribution in [0.4, 0.5) is 0 Å². The number of nitrogens with zero attached hydrogens (tertiary/aromatic N) is 1. The summed E-state index contributed by atoms with van der Waals surface area (Å²) < 4.78 is 0. The molecule has 0 atom stereocenters. The van der Waals surface area contributed by atoms with Crippen LogP contribution < -0.4 is 0 Å². The molecular weight excluding hydrogens is 166 g/mol. The van der Waals surface area contributed by atoms with Crippen molar-refractivity contribution >= 4 is 17.2 Å². The second-order valence-corrected chi connectivity index (χ2v) is 4.31. The van der Waals surface area contributed by atoms with Crippen LogP contribution in [0.5, 0.6) is 0 Å². The zero-order chi connectivity index (χ0) is 8.97. The van der Waals surface area contributed by atoms with E-state index in [4.69, 9.17) is 12.2 Å². The summed E-state index contributed by atoms with van der Waals surface area (Å²) in [6, 6.07) is 0. The highest BCUT2D eigenvalue weighted by molar-refractivity contribution is 7.80. The van der Waals surface area contributed by atoms with Crippen molar-refractivity contribution in [2.75, 3.05) is 13.1 Å². The highest BCUT2D eigenvalue weighted by atomic mass is 32.1. The molecule has 1 rings (SSSR count). The second-order valence-electron chi connectivity index (χ2n) is 3.89. The van der Waals surface area contributed by atoms with Gasteiger partial charge in [0, 0.05) is 19.0 Å². The van der Waals surface area contributed by atoms with E-state index in [1.54, 1.807) is 0 Å². The molecule has 0 aromatic heterocycles. The van der Waals surface area contributed by atoms with Crippen molar-refractivity contribution in [2.45, 2.75) is 39.5 Å². The van der Waals surface area contributed by atoms with Gasteiger partial charge in [-0.25, -0.2) is 0 Å². The summed E-state index contributed by atoms with van der Waals surface area (Å²) in [7, 11) is 0. The van der Waals surface area contributed by atoms with E-state index in [1.807, 2.05) is 0 Å². The van der Waals surface area contributed by atoms with Crippen molar-refractivity contribution in [2.24, 2.45) is 5.92 Å². The molecule has 0 saturated carbocycles. The maximum absolute atomic E-state index is 5.38. The predicted molar refractivity (Wildman–Crippen MR) is 57.5 cm³/mol. The van der Waals surface area contributed by atoms with E-state index in [0.29, 0.717) is 5.92 Å². The van der Waals surface area contributed by atoms with Crippen LogP contribution >= 0.6 is 12.2 Å². The first-order valence-corrected chi connectivity index (χ1v) is 5.41. The number of hydrogen-bond acceptors (Lipinski definition) is 1.